The van der Waals surface area contributed by atoms with Crippen LogP contribution in [0, 0.1) is 6.92 Å². The number of hydrogen-bond donors (Lipinski definition) is 1. The number of aliphatic imine (C=N–C) groups is 1. The standard InChI is InChI=1S/C33H24Br2N6/c1-22-18-27(34)32(28(35)19-22)38-33(30-17-16-23-10-8-9-15-29(23)37-30)39-36-20-25-21-41(26-13-6-3-7-14-26)40-31(25)24-11-4-2-5-12-24/h2-21H,1H3,(H,38,39). The second-order valence-corrected chi connectivity index (χ2v) is 11.1. The maximum absolute atomic E-state index is 4.96. The number of benzene rings is 4. The molecular formula is C33H24Br2N6. The number of aromatic nitrogens is 3. The van der Waals surface area contributed by atoms with Crippen molar-refractivity contribution >= 4 is 60.5 Å². The zero-order chi connectivity index (χ0) is 28.2. The molecule has 0 bridgehead atoms. The number of pyridine rings is 1. The summed E-state index contributed by atoms with van der Waals surface area (Å²) in [5, 5.41) is 10.6. The van der Waals surface area contributed by atoms with Gasteiger partial charge in [-0.15, -0.1) is 0 Å². The molecule has 0 atom stereocenters. The Balaban J connectivity index is 1.41. The van der Waals surface area contributed by atoms with Gasteiger partial charge in [0.05, 0.1) is 23.1 Å². The molecule has 0 radical (unpaired) electrons. The van der Waals surface area contributed by atoms with Gasteiger partial charge < -0.3 is 0 Å². The molecule has 2 heterocycles. The van der Waals surface area contributed by atoms with E-state index in [1.165, 1.54) is 0 Å². The molecule has 2 aromatic heterocycles. The normalized spacial score (nSPS) is 11.8. The quantitative estimate of drug-likeness (QED) is 0.110. The van der Waals surface area contributed by atoms with E-state index in [9.17, 15) is 0 Å². The summed E-state index contributed by atoms with van der Waals surface area (Å²) in [5.41, 5.74) is 10.2. The van der Waals surface area contributed by atoms with Crippen molar-refractivity contribution in [2.45, 2.75) is 6.92 Å². The summed E-state index contributed by atoms with van der Waals surface area (Å²) in [5.74, 6) is 0.508. The maximum atomic E-state index is 4.96. The van der Waals surface area contributed by atoms with Gasteiger partial charge in [-0.05, 0) is 80.7 Å². The first-order valence-electron chi connectivity index (χ1n) is 13.0. The first-order valence-corrected chi connectivity index (χ1v) is 14.5. The summed E-state index contributed by atoms with van der Waals surface area (Å²) in [6.07, 6.45) is 3.74. The lowest BCUT2D eigenvalue weighted by atomic mass is 10.1. The van der Waals surface area contributed by atoms with Gasteiger partial charge in [0.25, 0.3) is 0 Å². The van der Waals surface area contributed by atoms with Crippen LogP contribution in [0.15, 0.2) is 134 Å². The van der Waals surface area contributed by atoms with Crippen molar-refractivity contribution in [3.8, 4) is 16.9 Å². The highest BCUT2D eigenvalue weighted by Gasteiger charge is 2.13. The van der Waals surface area contributed by atoms with Crippen molar-refractivity contribution in [2.75, 3.05) is 0 Å². The Morgan fingerprint density at radius 2 is 1.51 bits per heavy atom. The summed E-state index contributed by atoms with van der Waals surface area (Å²) < 4.78 is 3.59. The van der Waals surface area contributed by atoms with Crippen molar-refractivity contribution in [2.24, 2.45) is 10.1 Å². The summed E-state index contributed by atoms with van der Waals surface area (Å²) in [6.45, 7) is 2.04. The number of hydrazone groups is 1. The van der Waals surface area contributed by atoms with E-state index >= 15 is 0 Å². The van der Waals surface area contributed by atoms with Crippen molar-refractivity contribution < 1.29 is 0 Å². The average Bonchev–Trinajstić information content (AvgIpc) is 3.43. The van der Waals surface area contributed by atoms with Gasteiger partial charge in [-0.25, -0.2) is 14.7 Å². The smallest absolute Gasteiger partial charge is 0.173 e. The van der Waals surface area contributed by atoms with Gasteiger partial charge in [0.15, 0.2) is 5.84 Å². The minimum atomic E-state index is 0.508. The molecule has 8 heteroatoms. The monoisotopic (exact) mass is 662 g/mol. The third-order valence-corrected chi connectivity index (χ3v) is 7.62. The van der Waals surface area contributed by atoms with Crippen LogP contribution in [0.5, 0.6) is 0 Å². The van der Waals surface area contributed by atoms with Crippen LogP contribution in [0.4, 0.5) is 5.69 Å². The van der Waals surface area contributed by atoms with Gasteiger partial charge in [0.2, 0.25) is 0 Å². The van der Waals surface area contributed by atoms with Gasteiger partial charge in [-0.1, -0.05) is 72.8 Å². The Morgan fingerprint density at radius 1 is 0.829 bits per heavy atom. The van der Waals surface area contributed by atoms with Crippen molar-refractivity contribution in [1.29, 1.82) is 0 Å². The van der Waals surface area contributed by atoms with E-state index in [0.717, 1.165) is 53.6 Å². The zero-order valence-electron chi connectivity index (χ0n) is 22.0. The maximum Gasteiger partial charge on any atom is 0.173 e. The number of aryl methyl sites for hydroxylation is 1. The van der Waals surface area contributed by atoms with Crippen LogP contribution in [0.3, 0.4) is 0 Å². The molecule has 0 spiro atoms. The lowest BCUT2D eigenvalue weighted by Crippen LogP contribution is -2.20. The minimum Gasteiger partial charge on any atom is -0.260 e. The molecular weight excluding hydrogens is 640 g/mol. The van der Waals surface area contributed by atoms with Crippen LogP contribution in [0.25, 0.3) is 27.8 Å². The Bertz CT molecular complexity index is 1870. The number of halogens is 2. The van der Waals surface area contributed by atoms with Crippen molar-refractivity contribution in [3.63, 3.8) is 0 Å². The number of fused-ring (bicyclic) bond motifs is 1. The van der Waals surface area contributed by atoms with Gasteiger partial charge >= 0.3 is 0 Å². The predicted octanol–water partition coefficient (Wildman–Crippen LogP) is 8.62. The molecule has 1 N–H and O–H groups in total. The fourth-order valence-electron chi connectivity index (χ4n) is 4.43. The molecule has 41 heavy (non-hydrogen) atoms. The Kier molecular flexibility index (Phi) is 7.84. The highest BCUT2D eigenvalue weighted by atomic mass is 79.9. The lowest BCUT2D eigenvalue weighted by Gasteiger charge is -2.10. The van der Waals surface area contributed by atoms with Crippen LogP contribution in [-0.4, -0.2) is 26.8 Å². The SMILES string of the molecule is Cc1cc(Br)c(N=C(NN=Cc2cn(-c3ccccc3)nc2-c2ccccc2)c2ccc3ccccc3n2)c(Br)c1. The van der Waals surface area contributed by atoms with Crippen molar-refractivity contribution in [1.82, 2.24) is 20.2 Å². The molecule has 0 amide bonds. The highest BCUT2D eigenvalue weighted by Crippen LogP contribution is 2.35. The molecule has 0 aliphatic heterocycles. The van der Waals surface area contributed by atoms with Gasteiger partial charge in [0.1, 0.15) is 11.4 Å². The molecule has 0 saturated heterocycles. The van der Waals surface area contributed by atoms with Gasteiger partial charge in [-0.2, -0.15) is 10.2 Å². The lowest BCUT2D eigenvalue weighted by molar-refractivity contribution is 0.884. The van der Waals surface area contributed by atoms with E-state index in [2.05, 4.69) is 42.4 Å². The molecule has 200 valence electrons. The molecule has 4 aromatic carbocycles. The van der Waals surface area contributed by atoms with E-state index in [1.807, 2.05) is 127 Å². The number of nitrogens with zero attached hydrogens (tertiary/aromatic N) is 5. The van der Waals surface area contributed by atoms with Crippen LogP contribution in [0.1, 0.15) is 16.8 Å². The number of hydrogen-bond acceptors (Lipinski definition) is 4. The van der Waals surface area contributed by atoms with E-state index in [1.54, 1.807) is 6.21 Å². The minimum absolute atomic E-state index is 0.508. The van der Waals surface area contributed by atoms with E-state index in [4.69, 9.17) is 15.1 Å². The number of para-hydroxylation sites is 2. The summed E-state index contributed by atoms with van der Waals surface area (Å²) in [7, 11) is 0. The highest BCUT2D eigenvalue weighted by molar-refractivity contribution is 9.11. The number of nitrogens with one attached hydrogen (secondary N) is 1. The molecule has 0 aliphatic rings. The van der Waals surface area contributed by atoms with E-state index < -0.39 is 0 Å². The molecule has 0 unspecified atom stereocenters. The third-order valence-electron chi connectivity index (χ3n) is 6.41. The van der Waals surface area contributed by atoms with Crippen LogP contribution >= 0.6 is 31.9 Å². The topological polar surface area (TPSA) is 67.5 Å². The number of rotatable bonds is 6. The van der Waals surface area contributed by atoms with Crippen LogP contribution in [-0.2, 0) is 0 Å². The fourth-order valence-corrected chi connectivity index (χ4v) is 6.02. The molecule has 0 fully saturated rings. The Hall–Kier alpha value is -4.40. The third kappa shape index (κ3) is 6.04. The first kappa shape index (κ1) is 26.8. The van der Waals surface area contributed by atoms with Crippen LogP contribution in [0.2, 0.25) is 0 Å². The molecule has 6 aromatic rings. The summed E-state index contributed by atoms with van der Waals surface area (Å²) >= 11 is 7.34. The molecule has 6 nitrogen and oxygen atoms in total. The summed E-state index contributed by atoms with van der Waals surface area (Å²) in [4.78, 5) is 9.82. The van der Waals surface area contributed by atoms with Gasteiger partial charge in [0, 0.05) is 31.7 Å². The number of amidine groups is 1. The predicted molar refractivity (Wildman–Crippen MR) is 174 cm³/mol. The average molecular weight is 664 g/mol. The second kappa shape index (κ2) is 12.0. The molecule has 6 rings (SSSR count). The summed E-state index contributed by atoms with van der Waals surface area (Å²) in [6, 6.07) is 36.2. The van der Waals surface area contributed by atoms with Crippen LogP contribution < -0.4 is 5.43 Å². The Morgan fingerprint density at radius 3 is 2.27 bits per heavy atom. The molecule has 0 saturated carbocycles. The van der Waals surface area contributed by atoms with Gasteiger partial charge in [-0.3, -0.25) is 5.43 Å². The second-order valence-electron chi connectivity index (χ2n) is 9.38. The molecule has 0 aliphatic carbocycles. The van der Waals surface area contributed by atoms with E-state index in [-0.39, 0.29) is 0 Å². The van der Waals surface area contributed by atoms with Crippen molar-refractivity contribution in [3.05, 3.63) is 141 Å². The van der Waals surface area contributed by atoms with E-state index in [0.29, 0.717) is 11.5 Å². The zero-order valence-corrected chi connectivity index (χ0v) is 25.2. The first-order chi connectivity index (χ1) is 20.0. The largest absolute Gasteiger partial charge is 0.260 e. The fraction of sp³-hybridized carbons (Fsp3) is 0.0303. The Labute approximate surface area is 254 Å².